The highest BCUT2D eigenvalue weighted by molar-refractivity contribution is 5.98. The molecule has 2 aliphatic rings. The largest absolute Gasteiger partial charge is 0.454 e. The molecule has 0 aliphatic carbocycles. The Labute approximate surface area is 176 Å². The molecule has 0 radical (unpaired) electrons. The maximum Gasteiger partial charge on any atom is 0.279 e. The normalized spacial score (nSPS) is 18.8. The predicted molar refractivity (Wildman–Crippen MR) is 112 cm³/mol. The quantitative estimate of drug-likeness (QED) is 0.674. The van der Waals surface area contributed by atoms with Crippen LogP contribution in [0, 0.1) is 5.92 Å². The first-order chi connectivity index (χ1) is 14.5. The average Bonchev–Trinajstić information content (AvgIpc) is 3.24. The molecule has 0 aromatic heterocycles. The van der Waals surface area contributed by atoms with E-state index in [4.69, 9.17) is 9.47 Å². The van der Waals surface area contributed by atoms with Gasteiger partial charge in [-0.1, -0.05) is 44.5 Å². The Morgan fingerprint density at radius 2 is 1.90 bits per heavy atom. The molecule has 2 amide bonds. The van der Waals surface area contributed by atoms with Gasteiger partial charge in [0.25, 0.3) is 5.91 Å². The summed E-state index contributed by atoms with van der Waals surface area (Å²) in [6.45, 7) is 4.94. The molecule has 30 heavy (non-hydrogen) atoms. The van der Waals surface area contributed by atoms with E-state index in [9.17, 15) is 9.59 Å². The van der Waals surface area contributed by atoms with E-state index in [1.807, 2.05) is 31.3 Å². The number of hydrogen-bond donors (Lipinski definition) is 3. The molecule has 2 aliphatic heterocycles. The molecular weight excluding hydrogens is 382 g/mol. The van der Waals surface area contributed by atoms with Crippen molar-refractivity contribution in [2.45, 2.75) is 45.3 Å². The second kappa shape index (κ2) is 8.75. The van der Waals surface area contributed by atoms with Crippen LogP contribution in [-0.2, 0) is 22.6 Å². The zero-order valence-corrected chi connectivity index (χ0v) is 17.3. The number of anilines is 1. The van der Waals surface area contributed by atoms with Crippen LogP contribution in [0.3, 0.4) is 0 Å². The highest BCUT2D eigenvalue weighted by Crippen LogP contribution is 2.34. The first kappa shape index (κ1) is 20.2. The monoisotopic (exact) mass is 410 g/mol. The maximum absolute atomic E-state index is 13.0. The number of carbonyl (C=O) groups is 2. The topological polar surface area (TPSA) is 93.3 Å². The minimum absolute atomic E-state index is 0.00108. The predicted octanol–water partition coefficient (Wildman–Crippen LogP) is 1.57. The number of rotatable bonds is 6. The van der Waals surface area contributed by atoms with Crippen molar-refractivity contribution in [3.63, 3.8) is 0 Å². The Morgan fingerprint density at radius 3 is 2.70 bits per heavy atom. The van der Waals surface area contributed by atoms with Gasteiger partial charge in [-0.25, -0.2) is 0 Å². The third kappa shape index (κ3) is 4.26. The Balaban J connectivity index is 1.43. The van der Waals surface area contributed by atoms with Crippen molar-refractivity contribution in [1.82, 2.24) is 5.32 Å². The zero-order chi connectivity index (χ0) is 21.1. The molecule has 2 heterocycles. The summed E-state index contributed by atoms with van der Waals surface area (Å²) in [6, 6.07) is 12.6. The Kier molecular flexibility index (Phi) is 5.90. The summed E-state index contributed by atoms with van der Waals surface area (Å²) in [6.07, 6.45) is 1.44. The van der Waals surface area contributed by atoms with Crippen LogP contribution in [0.1, 0.15) is 31.4 Å². The fraction of sp³-hybridized carbons (Fsp3) is 0.391. The SMILES string of the molecule is CC[C@@H](C)[C@H](NC(=O)[C@@H]1Cc2ccccc2C[NH2+]1)C(=O)Nc1ccc2c(c1)OCO2. The molecule has 0 saturated heterocycles. The smallest absolute Gasteiger partial charge is 0.279 e. The van der Waals surface area contributed by atoms with E-state index in [1.54, 1.807) is 18.2 Å². The first-order valence-electron chi connectivity index (χ1n) is 10.5. The highest BCUT2D eigenvalue weighted by atomic mass is 16.7. The van der Waals surface area contributed by atoms with Crippen molar-refractivity contribution >= 4 is 17.5 Å². The Bertz CT molecular complexity index is 946. The summed E-state index contributed by atoms with van der Waals surface area (Å²) < 4.78 is 10.7. The zero-order valence-electron chi connectivity index (χ0n) is 17.3. The van der Waals surface area contributed by atoms with Crippen molar-refractivity contribution in [2.75, 3.05) is 12.1 Å². The molecule has 0 saturated carbocycles. The van der Waals surface area contributed by atoms with Gasteiger partial charge >= 0.3 is 0 Å². The number of nitrogens with two attached hydrogens (primary N) is 1. The van der Waals surface area contributed by atoms with Crippen molar-refractivity contribution in [3.05, 3.63) is 53.6 Å². The molecule has 7 nitrogen and oxygen atoms in total. The molecule has 0 spiro atoms. The molecule has 0 unspecified atom stereocenters. The van der Waals surface area contributed by atoms with Crippen LogP contribution in [-0.4, -0.2) is 30.7 Å². The molecule has 4 rings (SSSR count). The highest BCUT2D eigenvalue weighted by Gasteiger charge is 2.33. The van der Waals surface area contributed by atoms with Gasteiger partial charge < -0.3 is 25.4 Å². The summed E-state index contributed by atoms with van der Waals surface area (Å²) in [5.41, 5.74) is 3.08. The van der Waals surface area contributed by atoms with Gasteiger partial charge in [0.15, 0.2) is 17.5 Å². The van der Waals surface area contributed by atoms with Crippen LogP contribution in [0.15, 0.2) is 42.5 Å². The van der Waals surface area contributed by atoms with Crippen LogP contribution in [0.25, 0.3) is 0 Å². The standard InChI is InChI=1S/C23H27N3O4/c1-3-14(2)21(23(28)25-17-8-9-19-20(11-17)30-13-29-19)26-22(27)18-10-15-6-4-5-7-16(15)12-24-18/h4-9,11,14,18,21,24H,3,10,12-13H2,1-2H3,(H,25,28)(H,26,27)/p+1/t14-,18+,21+/m1/s1. The number of ether oxygens (including phenoxy) is 2. The number of nitrogens with one attached hydrogen (secondary N) is 2. The van der Waals surface area contributed by atoms with E-state index < -0.39 is 6.04 Å². The van der Waals surface area contributed by atoms with Crippen LogP contribution in [0.4, 0.5) is 5.69 Å². The van der Waals surface area contributed by atoms with Crippen molar-refractivity contribution in [2.24, 2.45) is 5.92 Å². The van der Waals surface area contributed by atoms with Crippen LogP contribution < -0.4 is 25.4 Å². The second-order valence-electron chi connectivity index (χ2n) is 7.95. The summed E-state index contributed by atoms with van der Waals surface area (Å²) in [5, 5.41) is 7.96. The van der Waals surface area contributed by atoms with Crippen LogP contribution in [0.2, 0.25) is 0 Å². The summed E-state index contributed by atoms with van der Waals surface area (Å²) >= 11 is 0. The average molecular weight is 410 g/mol. The molecule has 4 N–H and O–H groups in total. The van der Waals surface area contributed by atoms with E-state index in [2.05, 4.69) is 22.8 Å². The van der Waals surface area contributed by atoms with E-state index in [0.717, 1.165) is 13.0 Å². The minimum Gasteiger partial charge on any atom is -0.454 e. The molecule has 3 atom stereocenters. The van der Waals surface area contributed by atoms with Crippen LogP contribution in [0.5, 0.6) is 11.5 Å². The van der Waals surface area contributed by atoms with E-state index in [0.29, 0.717) is 23.6 Å². The van der Waals surface area contributed by atoms with Gasteiger partial charge in [-0.15, -0.1) is 0 Å². The molecule has 158 valence electrons. The van der Waals surface area contributed by atoms with Gasteiger partial charge in [0.05, 0.1) is 0 Å². The van der Waals surface area contributed by atoms with Gasteiger partial charge in [-0.2, -0.15) is 0 Å². The number of amides is 2. The lowest BCUT2D eigenvalue weighted by atomic mass is 9.94. The summed E-state index contributed by atoms with van der Waals surface area (Å²) in [5.74, 6) is 0.933. The van der Waals surface area contributed by atoms with Crippen molar-refractivity contribution in [1.29, 1.82) is 0 Å². The Morgan fingerprint density at radius 1 is 1.13 bits per heavy atom. The number of quaternary nitrogens is 1. The summed E-state index contributed by atoms with van der Waals surface area (Å²) in [7, 11) is 0. The Hall–Kier alpha value is -3.06. The lowest BCUT2D eigenvalue weighted by Crippen LogP contribution is -2.93. The lowest BCUT2D eigenvalue weighted by Gasteiger charge is -2.27. The second-order valence-corrected chi connectivity index (χ2v) is 7.95. The molecule has 0 bridgehead atoms. The van der Waals surface area contributed by atoms with Gasteiger partial charge in [-0.3, -0.25) is 9.59 Å². The molecule has 2 aromatic rings. The summed E-state index contributed by atoms with van der Waals surface area (Å²) in [4.78, 5) is 26.0. The van der Waals surface area contributed by atoms with E-state index in [-0.39, 0.29) is 30.6 Å². The lowest BCUT2D eigenvalue weighted by molar-refractivity contribution is -0.695. The van der Waals surface area contributed by atoms with E-state index >= 15 is 0 Å². The fourth-order valence-corrected chi connectivity index (χ4v) is 3.90. The number of fused-ring (bicyclic) bond motifs is 2. The third-order valence-electron chi connectivity index (χ3n) is 5.95. The van der Waals surface area contributed by atoms with Crippen molar-refractivity contribution in [3.8, 4) is 11.5 Å². The molecule has 7 heteroatoms. The number of carbonyl (C=O) groups excluding carboxylic acids is 2. The molecule has 0 fully saturated rings. The fourth-order valence-electron chi connectivity index (χ4n) is 3.90. The third-order valence-corrected chi connectivity index (χ3v) is 5.95. The maximum atomic E-state index is 13.0. The minimum atomic E-state index is -0.613. The van der Waals surface area contributed by atoms with Gasteiger partial charge in [0, 0.05) is 23.7 Å². The van der Waals surface area contributed by atoms with Gasteiger partial charge in [-0.05, 0) is 23.6 Å². The number of benzene rings is 2. The first-order valence-corrected chi connectivity index (χ1v) is 10.5. The van der Waals surface area contributed by atoms with Crippen LogP contribution >= 0.6 is 0 Å². The van der Waals surface area contributed by atoms with E-state index in [1.165, 1.54) is 11.1 Å². The molecule has 2 aromatic carbocycles. The van der Waals surface area contributed by atoms with Crippen molar-refractivity contribution < 1.29 is 24.4 Å². The molecular formula is C23H28N3O4+. The van der Waals surface area contributed by atoms with Gasteiger partial charge in [0.2, 0.25) is 12.7 Å². The van der Waals surface area contributed by atoms with Gasteiger partial charge in [0.1, 0.15) is 12.6 Å². The number of hydrogen-bond acceptors (Lipinski definition) is 4.